The van der Waals surface area contributed by atoms with Crippen LogP contribution in [0.15, 0.2) is 11.6 Å². The number of hydrogen-bond donors (Lipinski definition) is 0. The van der Waals surface area contributed by atoms with E-state index < -0.39 is 0 Å². The van der Waals surface area contributed by atoms with Crippen LogP contribution in [0.1, 0.15) is 47.0 Å². The maximum atomic E-state index is 12.2. The second-order valence-corrected chi connectivity index (χ2v) is 4.83. The summed E-state index contributed by atoms with van der Waals surface area (Å²) >= 11 is 0. The van der Waals surface area contributed by atoms with Crippen molar-refractivity contribution < 1.29 is 9.59 Å². The molecule has 0 saturated carbocycles. The van der Waals surface area contributed by atoms with Crippen LogP contribution in [0.4, 0.5) is 0 Å². The predicted molar refractivity (Wildman–Crippen MR) is 64.1 cm³/mol. The van der Waals surface area contributed by atoms with E-state index in [9.17, 15) is 9.59 Å². The van der Waals surface area contributed by atoms with E-state index in [-0.39, 0.29) is 23.8 Å². The highest BCUT2D eigenvalue weighted by Gasteiger charge is 2.28. The van der Waals surface area contributed by atoms with Crippen molar-refractivity contribution in [2.45, 2.75) is 59.0 Å². The fourth-order valence-electron chi connectivity index (χ4n) is 2.17. The van der Waals surface area contributed by atoms with E-state index in [1.165, 1.54) is 0 Å². The molecule has 0 atom stereocenters. The van der Waals surface area contributed by atoms with E-state index in [2.05, 4.69) is 0 Å². The van der Waals surface area contributed by atoms with Crippen LogP contribution in [0.2, 0.25) is 0 Å². The van der Waals surface area contributed by atoms with Crippen molar-refractivity contribution in [1.29, 1.82) is 0 Å². The standard InChI is InChI=1S/C13H21NO2/c1-9(2)14(10(3)4)13(16)11-7-5-6-8-12(11)15/h7,9-10H,5-6,8H2,1-4H3. The molecular formula is C13H21NO2. The van der Waals surface area contributed by atoms with Gasteiger partial charge in [0.15, 0.2) is 5.78 Å². The minimum atomic E-state index is -0.102. The van der Waals surface area contributed by atoms with Crippen molar-refractivity contribution in [3.63, 3.8) is 0 Å². The molecule has 0 bridgehead atoms. The summed E-state index contributed by atoms with van der Waals surface area (Å²) in [5.41, 5.74) is 0.397. The van der Waals surface area contributed by atoms with Gasteiger partial charge in [-0.15, -0.1) is 0 Å². The van der Waals surface area contributed by atoms with Gasteiger partial charge in [0.25, 0.3) is 5.91 Å². The Balaban J connectivity index is 2.90. The third-order valence-electron chi connectivity index (χ3n) is 2.83. The van der Waals surface area contributed by atoms with Crippen molar-refractivity contribution in [1.82, 2.24) is 4.90 Å². The molecule has 90 valence electrons. The van der Waals surface area contributed by atoms with E-state index in [1.54, 1.807) is 11.0 Å². The van der Waals surface area contributed by atoms with E-state index in [4.69, 9.17) is 0 Å². The number of Topliss-reactive ketones (excluding diaryl/α,β-unsaturated/α-hetero) is 1. The van der Waals surface area contributed by atoms with Gasteiger partial charge in [-0.05, 0) is 40.5 Å². The summed E-state index contributed by atoms with van der Waals surface area (Å²) in [6.07, 6.45) is 4.03. The van der Waals surface area contributed by atoms with Crippen molar-refractivity contribution in [2.75, 3.05) is 0 Å². The Morgan fingerprint density at radius 1 is 1.25 bits per heavy atom. The fourth-order valence-corrected chi connectivity index (χ4v) is 2.17. The number of allylic oxidation sites excluding steroid dienone is 1. The molecule has 16 heavy (non-hydrogen) atoms. The van der Waals surface area contributed by atoms with Gasteiger partial charge in [0.05, 0.1) is 5.57 Å². The molecule has 0 spiro atoms. The molecule has 0 aliphatic heterocycles. The van der Waals surface area contributed by atoms with Crippen LogP contribution < -0.4 is 0 Å². The largest absolute Gasteiger partial charge is 0.334 e. The van der Waals surface area contributed by atoms with Gasteiger partial charge in [-0.3, -0.25) is 9.59 Å². The van der Waals surface area contributed by atoms with Crippen LogP contribution in [0.5, 0.6) is 0 Å². The highest BCUT2D eigenvalue weighted by Crippen LogP contribution is 2.18. The topological polar surface area (TPSA) is 37.4 Å². The molecule has 0 unspecified atom stereocenters. The molecule has 0 aromatic rings. The molecule has 0 aromatic carbocycles. The van der Waals surface area contributed by atoms with Crippen LogP contribution in [-0.2, 0) is 9.59 Å². The van der Waals surface area contributed by atoms with Crippen molar-refractivity contribution in [3.8, 4) is 0 Å². The molecule has 0 N–H and O–H groups in total. The first-order valence-electron chi connectivity index (χ1n) is 6.01. The van der Waals surface area contributed by atoms with Crippen molar-refractivity contribution >= 4 is 11.7 Å². The minimum Gasteiger partial charge on any atom is -0.334 e. The second-order valence-electron chi connectivity index (χ2n) is 4.83. The van der Waals surface area contributed by atoms with Gasteiger partial charge < -0.3 is 4.90 Å². The van der Waals surface area contributed by atoms with Crippen molar-refractivity contribution in [2.24, 2.45) is 0 Å². The maximum absolute atomic E-state index is 12.2. The summed E-state index contributed by atoms with van der Waals surface area (Å²) in [7, 11) is 0. The predicted octanol–water partition coefficient (Wildman–Crippen LogP) is 2.31. The highest BCUT2D eigenvalue weighted by molar-refractivity contribution is 6.19. The lowest BCUT2D eigenvalue weighted by Gasteiger charge is -2.31. The molecule has 0 aromatic heterocycles. The lowest BCUT2D eigenvalue weighted by molar-refractivity contribution is -0.133. The number of amides is 1. The summed E-state index contributed by atoms with van der Waals surface area (Å²) in [6.45, 7) is 7.91. The molecular weight excluding hydrogens is 202 g/mol. The third-order valence-corrected chi connectivity index (χ3v) is 2.83. The van der Waals surface area contributed by atoms with E-state index in [0.29, 0.717) is 12.0 Å². The lowest BCUT2D eigenvalue weighted by Crippen LogP contribution is -2.44. The van der Waals surface area contributed by atoms with Gasteiger partial charge in [-0.1, -0.05) is 6.08 Å². The number of rotatable bonds is 3. The van der Waals surface area contributed by atoms with Crippen molar-refractivity contribution in [3.05, 3.63) is 11.6 Å². The molecule has 1 amide bonds. The second kappa shape index (κ2) is 5.28. The van der Waals surface area contributed by atoms with Crippen LogP contribution in [-0.4, -0.2) is 28.7 Å². The Labute approximate surface area is 97.5 Å². The minimum absolute atomic E-state index is 0.00236. The summed E-state index contributed by atoms with van der Waals surface area (Å²) in [5, 5.41) is 0. The molecule has 0 radical (unpaired) electrons. The first-order valence-corrected chi connectivity index (χ1v) is 6.01. The first kappa shape index (κ1) is 12.9. The Bertz CT molecular complexity index is 308. The lowest BCUT2D eigenvalue weighted by atomic mass is 9.96. The Kier molecular flexibility index (Phi) is 4.27. The fraction of sp³-hybridized carbons (Fsp3) is 0.692. The Hall–Kier alpha value is -1.12. The van der Waals surface area contributed by atoms with Crippen LogP contribution in [0, 0.1) is 0 Å². The molecule has 1 aliphatic carbocycles. The molecule has 0 heterocycles. The van der Waals surface area contributed by atoms with E-state index in [0.717, 1.165) is 12.8 Å². The molecule has 3 nitrogen and oxygen atoms in total. The van der Waals surface area contributed by atoms with Gasteiger partial charge in [-0.25, -0.2) is 0 Å². The first-order chi connectivity index (χ1) is 7.45. The smallest absolute Gasteiger partial charge is 0.257 e. The summed E-state index contributed by atoms with van der Waals surface area (Å²) in [4.78, 5) is 25.7. The quantitative estimate of drug-likeness (QED) is 0.688. The number of nitrogens with zero attached hydrogens (tertiary/aromatic N) is 1. The molecule has 0 saturated heterocycles. The van der Waals surface area contributed by atoms with Gasteiger partial charge in [0.1, 0.15) is 0 Å². The average molecular weight is 223 g/mol. The molecule has 1 aliphatic rings. The van der Waals surface area contributed by atoms with E-state index in [1.807, 2.05) is 27.7 Å². The number of carbonyl (C=O) groups excluding carboxylic acids is 2. The van der Waals surface area contributed by atoms with Crippen LogP contribution in [0.3, 0.4) is 0 Å². The summed E-state index contributed by atoms with van der Waals surface area (Å²) in [5.74, 6) is -0.0998. The van der Waals surface area contributed by atoms with Gasteiger partial charge in [-0.2, -0.15) is 0 Å². The van der Waals surface area contributed by atoms with Gasteiger partial charge in [0, 0.05) is 18.5 Å². The van der Waals surface area contributed by atoms with Crippen LogP contribution >= 0.6 is 0 Å². The number of ketones is 1. The monoisotopic (exact) mass is 223 g/mol. The third kappa shape index (κ3) is 2.71. The average Bonchev–Trinajstić information content (AvgIpc) is 2.16. The Morgan fingerprint density at radius 2 is 1.81 bits per heavy atom. The Morgan fingerprint density at radius 3 is 2.25 bits per heavy atom. The zero-order valence-electron chi connectivity index (χ0n) is 10.6. The molecule has 0 fully saturated rings. The number of hydrogen-bond acceptors (Lipinski definition) is 2. The van der Waals surface area contributed by atoms with Gasteiger partial charge in [0.2, 0.25) is 0 Å². The highest BCUT2D eigenvalue weighted by atomic mass is 16.2. The van der Waals surface area contributed by atoms with E-state index >= 15 is 0 Å². The summed E-state index contributed by atoms with van der Waals surface area (Å²) < 4.78 is 0. The maximum Gasteiger partial charge on any atom is 0.257 e. The van der Waals surface area contributed by atoms with Gasteiger partial charge >= 0.3 is 0 Å². The zero-order chi connectivity index (χ0) is 12.3. The molecule has 3 heteroatoms. The van der Waals surface area contributed by atoms with Crippen LogP contribution in [0.25, 0.3) is 0 Å². The SMILES string of the molecule is CC(C)N(C(=O)C1=CCCCC1=O)C(C)C. The normalized spacial score (nSPS) is 16.6. The number of carbonyl (C=O) groups is 2. The molecule has 1 rings (SSSR count). The summed E-state index contributed by atoms with van der Waals surface area (Å²) in [6, 6.07) is 0.256. The zero-order valence-corrected chi connectivity index (χ0v) is 10.6.